The molecule has 0 aliphatic heterocycles. The van der Waals surface area contributed by atoms with Gasteiger partial charge in [-0.25, -0.2) is 10.8 Å². The van der Waals surface area contributed by atoms with Crippen LogP contribution in [-0.2, 0) is 6.61 Å². The zero-order valence-electron chi connectivity index (χ0n) is 12.3. The second-order valence-electron chi connectivity index (χ2n) is 5.08. The molecule has 5 nitrogen and oxygen atoms in total. The van der Waals surface area contributed by atoms with Gasteiger partial charge in [-0.2, -0.15) is 0 Å². The fourth-order valence-corrected chi connectivity index (χ4v) is 2.62. The van der Waals surface area contributed by atoms with E-state index in [1.807, 2.05) is 13.0 Å². The molecule has 0 spiro atoms. The molecule has 3 N–H and O–H groups in total. The number of carbonyl (C=O) groups is 1. The number of carbonyl (C=O) groups excluding carboxylic acids is 1. The highest BCUT2D eigenvalue weighted by atomic mass is 32.1. The monoisotopic (exact) mass is 305 g/mol. The van der Waals surface area contributed by atoms with Crippen molar-refractivity contribution in [2.45, 2.75) is 33.3 Å². The smallest absolute Gasteiger partial charge is 0.284 e. The molecule has 2 rings (SSSR count). The number of hydrogen-bond donors (Lipinski definition) is 2. The Morgan fingerprint density at radius 2 is 2.24 bits per heavy atom. The number of hydrogen-bond acceptors (Lipinski definition) is 5. The SMILES string of the molecule is Cc1ccc(C(C)C)c(OCc2nc(C(=O)NN)cs2)c1. The van der Waals surface area contributed by atoms with E-state index in [1.165, 1.54) is 11.3 Å². The van der Waals surface area contributed by atoms with Crippen molar-refractivity contribution in [2.75, 3.05) is 0 Å². The summed E-state index contributed by atoms with van der Waals surface area (Å²) in [6.45, 7) is 6.63. The summed E-state index contributed by atoms with van der Waals surface area (Å²) in [7, 11) is 0. The molecule has 112 valence electrons. The molecule has 6 heteroatoms. The summed E-state index contributed by atoms with van der Waals surface area (Å²) in [5, 5.41) is 2.41. The quantitative estimate of drug-likeness (QED) is 0.506. The molecule has 0 radical (unpaired) electrons. The van der Waals surface area contributed by atoms with Gasteiger partial charge in [-0.05, 0) is 30.0 Å². The first-order chi connectivity index (χ1) is 10.0. The van der Waals surface area contributed by atoms with Crippen LogP contribution in [0.5, 0.6) is 5.75 Å². The third-order valence-corrected chi connectivity index (χ3v) is 3.88. The fraction of sp³-hybridized carbons (Fsp3) is 0.333. The molecule has 2 aromatic rings. The summed E-state index contributed by atoms with van der Waals surface area (Å²) in [4.78, 5) is 15.6. The molecule has 0 aliphatic carbocycles. The zero-order chi connectivity index (χ0) is 15.4. The van der Waals surface area contributed by atoms with Crippen molar-refractivity contribution >= 4 is 17.2 Å². The van der Waals surface area contributed by atoms with Crippen molar-refractivity contribution in [1.82, 2.24) is 10.4 Å². The van der Waals surface area contributed by atoms with Gasteiger partial charge < -0.3 is 4.74 Å². The van der Waals surface area contributed by atoms with E-state index in [-0.39, 0.29) is 0 Å². The third-order valence-electron chi connectivity index (χ3n) is 3.06. The van der Waals surface area contributed by atoms with Gasteiger partial charge in [0.1, 0.15) is 23.1 Å². The minimum absolute atomic E-state index is 0.314. The number of hydrazine groups is 1. The van der Waals surface area contributed by atoms with Crippen LogP contribution in [0.15, 0.2) is 23.6 Å². The lowest BCUT2D eigenvalue weighted by atomic mass is 10.0. The van der Waals surface area contributed by atoms with E-state index in [0.717, 1.165) is 21.9 Å². The molecule has 0 unspecified atom stereocenters. The number of amides is 1. The van der Waals surface area contributed by atoms with Crippen molar-refractivity contribution < 1.29 is 9.53 Å². The summed E-state index contributed by atoms with van der Waals surface area (Å²) in [5.74, 6) is 5.94. The average molecular weight is 305 g/mol. The fourth-order valence-electron chi connectivity index (χ4n) is 1.94. The van der Waals surface area contributed by atoms with E-state index < -0.39 is 5.91 Å². The minimum Gasteiger partial charge on any atom is -0.486 e. The molecule has 21 heavy (non-hydrogen) atoms. The number of ether oxygens (including phenoxy) is 1. The van der Waals surface area contributed by atoms with Crippen LogP contribution in [0.25, 0.3) is 0 Å². The lowest BCUT2D eigenvalue weighted by Crippen LogP contribution is -2.30. The van der Waals surface area contributed by atoms with Crippen LogP contribution in [-0.4, -0.2) is 10.9 Å². The first-order valence-corrected chi connectivity index (χ1v) is 7.58. The van der Waals surface area contributed by atoms with Crippen LogP contribution in [0.4, 0.5) is 0 Å². The molecular formula is C15H19N3O2S. The van der Waals surface area contributed by atoms with E-state index in [4.69, 9.17) is 10.6 Å². The van der Waals surface area contributed by atoms with Gasteiger partial charge in [0.25, 0.3) is 5.91 Å². The van der Waals surface area contributed by atoms with E-state index >= 15 is 0 Å². The van der Waals surface area contributed by atoms with E-state index in [1.54, 1.807) is 5.38 Å². The van der Waals surface area contributed by atoms with Crippen molar-refractivity contribution in [2.24, 2.45) is 5.84 Å². The summed E-state index contributed by atoms with van der Waals surface area (Å²) in [6, 6.07) is 6.19. The summed E-state index contributed by atoms with van der Waals surface area (Å²) in [6.07, 6.45) is 0. The Hall–Kier alpha value is -1.92. The number of aryl methyl sites for hydroxylation is 1. The molecule has 1 aromatic carbocycles. The van der Waals surface area contributed by atoms with Crippen molar-refractivity contribution in [3.8, 4) is 5.75 Å². The van der Waals surface area contributed by atoms with Gasteiger partial charge in [-0.1, -0.05) is 26.0 Å². The lowest BCUT2D eigenvalue weighted by molar-refractivity contribution is 0.0949. The predicted molar refractivity (Wildman–Crippen MR) is 83.4 cm³/mol. The highest BCUT2D eigenvalue weighted by Crippen LogP contribution is 2.28. The number of aromatic nitrogens is 1. The van der Waals surface area contributed by atoms with Crippen LogP contribution < -0.4 is 16.0 Å². The first-order valence-electron chi connectivity index (χ1n) is 6.70. The Morgan fingerprint density at radius 1 is 1.48 bits per heavy atom. The third kappa shape index (κ3) is 3.80. The molecular weight excluding hydrogens is 286 g/mol. The van der Waals surface area contributed by atoms with Gasteiger partial charge >= 0.3 is 0 Å². The van der Waals surface area contributed by atoms with Crippen LogP contribution >= 0.6 is 11.3 Å². The van der Waals surface area contributed by atoms with Crippen molar-refractivity contribution in [3.63, 3.8) is 0 Å². The van der Waals surface area contributed by atoms with Crippen molar-refractivity contribution in [3.05, 3.63) is 45.4 Å². The summed E-state index contributed by atoms with van der Waals surface area (Å²) >= 11 is 1.38. The van der Waals surface area contributed by atoms with Crippen LogP contribution in [0, 0.1) is 6.92 Å². The maximum atomic E-state index is 11.4. The molecule has 0 atom stereocenters. The van der Waals surface area contributed by atoms with Crippen LogP contribution in [0.2, 0.25) is 0 Å². The standard InChI is InChI=1S/C15H19N3O2S/c1-9(2)11-5-4-10(3)6-13(11)20-7-14-17-12(8-21-14)15(19)18-16/h4-6,8-9H,7,16H2,1-3H3,(H,18,19). The van der Waals surface area contributed by atoms with E-state index in [2.05, 4.69) is 36.4 Å². The Morgan fingerprint density at radius 3 is 2.90 bits per heavy atom. The number of nitrogen functional groups attached to an aromatic ring is 1. The lowest BCUT2D eigenvalue weighted by Gasteiger charge is -2.14. The molecule has 1 heterocycles. The normalized spacial score (nSPS) is 10.7. The Labute approximate surface area is 128 Å². The van der Waals surface area contributed by atoms with Gasteiger partial charge in [0.05, 0.1) is 0 Å². The summed E-state index contributed by atoms with van der Waals surface area (Å²) < 4.78 is 5.88. The van der Waals surface area contributed by atoms with Gasteiger partial charge in [0.2, 0.25) is 0 Å². The van der Waals surface area contributed by atoms with Gasteiger partial charge in [0.15, 0.2) is 0 Å². The number of rotatable bonds is 5. The Bertz CT molecular complexity index is 638. The number of nitrogens with one attached hydrogen (secondary N) is 1. The number of thiazole rings is 1. The maximum Gasteiger partial charge on any atom is 0.284 e. The molecule has 1 amide bonds. The van der Waals surface area contributed by atoms with Crippen LogP contribution in [0.1, 0.15) is 46.4 Å². The second-order valence-corrected chi connectivity index (χ2v) is 6.03. The van der Waals surface area contributed by atoms with Gasteiger partial charge in [0, 0.05) is 5.38 Å². The molecule has 0 aliphatic rings. The minimum atomic E-state index is -0.393. The largest absolute Gasteiger partial charge is 0.486 e. The summed E-state index contributed by atoms with van der Waals surface area (Å²) in [5.41, 5.74) is 4.69. The van der Waals surface area contributed by atoms with Crippen LogP contribution in [0.3, 0.4) is 0 Å². The predicted octanol–water partition coefficient (Wildman–Crippen LogP) is 2.76. The number of benzene rings is 1. The second kappa shape index (κ2) is 6.69. The maximum absolute atomic E-state index is 11.4. The van der Waals surface area contributed by atoms with E-state index in [9.17, 15) is 4.79 Å². The van der Waals surface area contributed by atoms with Crippen molar-refractivity contribution in [1.29, 1.82) is 0 Å². The van der Waals surface area contributed by atoms with Gasteiger partial charge in [-0.15, -0.1) is 11.3 Å². The number of nitrogens with two attached hydrogens (primary N) is 1. The average Bonchev–Trinajstić information content (AvgIpc) is 2.93. The topological polar surface area (TPSA) is 77.2 Å². The Balaban J connectivity index is 2.11. The molecule has 0 fully saturated rings. The molecule has 0 saturated carbocycles. The highest BCUT2D eigenvalue weighted by molar-refractivity contribution is 7.09. The molecule has 1 aromatic heterocycles. The molecule has 0 saturated heterocycles. The zero-order valence-corrected chi connectivity index (χ0v) is 13.2. The van der Waals surface area contributed by atoms with E-state index in [0.29, 0.717) is 18.2 Å². The van der Waals surface area contributed by atoms with Gasteiger partial charge in [-0.3, -0.25) is 10.2 Å². The molecule has 0 bridgehead atoms. The highest BCUT2D eigenvalue weighted by Gasteiger charge is 2.12. The number of nitrogens with zero attached hydrogens (tertiary/aromatic N) is 1. The Kier molecular flexibility index (Phi) is 4.93. The first kappa shape index (κ1) is 15.5.